The molecule has 0 atom stereocenters. The lowest BCUT2D eigenvalue weighted by molar-refractivity contribution is 1.30. The van der Waals surface area contributed by atoms with Crippen molar-refractivity contribution in [2.75, 3.05) is 4.90 Å². The van der Waals surface area contributed by atoms with Gasteiger partial charge in [0.2, 0.25) is 0 Å². The Labute approximate surface area is 244 Å². The molecule has 0 aromatic heterocycles. The zero-order valence-corrected chi connectivity index (χ0v) is 23.3. The summed E-state index contributed by atoms with van der Waals surface area (Å²) in [6.45, 7) is 2.20. The smallest absolute Gasteiger partial charge is 0.0474 e. The Morgan fingerprint density at radius 2 is 0.810 bits per heavy atom. The standard InChI is InChI=1S/C41H27N/c1-26-20-31-12-6-15-37-39-25-35(24-32-13-7-14-36(41(32)39)38(21-26)40(31)37)42(33-18-16-27-8-2-4-10-29(27)22-33)34-19-17-28-9-3-5-11-30(28)23-34/h2-25H,1H3. The third-order valence-electron chi connectivity index (χ3n) is 8.90. The van der Waals surface area contributed by atoms with Crippen molar-refractivity contribution in [1.29, 1.82) is 0 Å². The molecule has 0 saturated carbocycles. The van der Waals surface area contributed by atoms with E-state index in [1.54, 1.807) is 0 Å². The van der Waals surface area contributed by atoms with Crippen molar-refractivity contribution < 1.29 is 0 Å². The normalized spacial score (nSPS) is 11.9. The van der Waals surface area contributed by atoms with E-state index in [1.165, 1.54) is 70.2 Å². The summed E-state index contributed by atoms with van der Waals surface area (Å²) in [6.07, 6.45) is 0. The molecule has 42 heavy (non-hydrogen) atoms. The zero-order chi connectivity index (χ0) is 27.8. The van der Waals surface area contributed by atoms with E-state index in [4.69, 9.17) is 0 Å². The molecule has 0 bridgehead atoms. The molecular formula is C41H27N. The molecule has 9 aromatic carbocycles. The minimum atomic E-state index is 1.15. The Morgan fingerprint density at radius 1 is 0.333 bits per heavy atom. The van der Waals surface area contributed by atoms with Crippen LogP contribution in [0.1, 0.15) is 5.56 Å². The number of fused-ring (bicyclic) bond motifs is 4. The molecule has 0 saturated heterocycles. The number of anilines is 3. The molecular weight excluding hydrogens is 506 g/mol. The summed E-state index contributed by atoms with van der Waals surface area (Å²) in [5.74, 6) is 0. The van der Waals surface area contributed by atoms with Gasteiger partial charge in [-0.2, -0.15) is 0 Å². The molecule has 0 unspecified atom stereocenters. The molecule has 0 aliphatic heterocycles. The Balaban J connectivity index is 1.39. The van der Waals surface area contributed by atoms with E-state index in [-0.39, 0.29) is 0 Å². The van der Waals surface area contributed by atoms with Crippen LogP contribution in [0.2, 0.25) is 0 Å². The summed E-state index contributed by atoms with van der Waals surface area (Å²) in [5, 5.41) is 15.5. The molecule has 9 rings (SSSR count). The van der Waals surface area contributed by atoms with Crippen LogP contribution in [-0.2, 0) is 0 Å². The molecule has 0 amide bonds. The Morgan fingerprint density at radius 3 is 1.40 bits per heavy atom. The molecule has 0 aliphatic carbocycles. The van der Waals surface area contributed by atoms with E-state index in [0.29, 0.717) is 0 Å². The highest BCUT2D eigenvalue weighted by Crippen LogP contribution is 2.45. The van der Waals surface area contributed by atoms with Gasteiger partial charge in [-0.3, -0.25) is 0 Å². The van der Waals surface area contributed by atoms with Gasteiger partial charge in [0.05, 0.1) is 0 Å². The van der Waals surface area contributed by atoms with Gasteiger partial charge in [0.1, 0.15) is 0 Å². The molecule has 0 N–H and O–H groups in total. The van der Waals surface area contributed by atoms with Gasteiger partial charge in [0.15, 0.2) is 0 Å². The van der Waals surface area contributed by atoms with E-state index >= 15 is 0 Å². The van der Waals surface area contributed by atoms with Crippen molar-refractivity contribution in [1.82, 2.24) is 0 Å². The number of rotatable bonds is 3. The first-order valence-corrected chi connectivity index (χ1v) is 14.6. The minimum absolute atomic E-state index is 1.15. The van der Waals surface area contributed by atoms with Crippen LogP contribution in [0.25, 0.3) is 64.6 Å². The highest BCUT2D eigenvalue weighted by molar-refractivity contribution is 6.33. The molecule has 196 valence electrons. The van der Waals surface area contributed by atoms with E-state index in [1.807, 2.05) is 0 Å². The van der Waals surface area contributed by atoms with E-state index < -0.39 is 0 Å². The van der Waals surface area contributed by atoms with Crippen LogP contribution in [0.4, 0.5) is 17.1 Å². The zero-order valence-electron chi connectivity index (χ0n) is 23.3. The summed E-state index contributed by atoms with van der Waals surface area (Å²) in [5.41, 5.74) is 4.76. The summed E-state index contributed by atoms with van der Waals surface area (Å²) in [4.78, 5) is 2.42. The van der Waals surface area contributed by atoms with E-state index in [2.05, 4.69) is 157 Å². The highest BCUT2D eigenvalue weighted by Gasteiger charge is 2.19. The second-order valence-corrected chi connectivity index (χ2v) is 11.5. The van der Waals surface area contributed by atoms with E-state index in [9.17, 15) is 0 Å². The van der Waals surface area contributed by atoms with Crippen LogP contribution < -0.4 is 4.90 Å². The van der Waals surface area contributed by atoms with Crippen LogP contribution in [0.5, 0.6) is 0 Å². The summed E-state index contributed by atoms with van der Waals surface area (Å²) in [6, 6.07) is 53.8. The van der Waals surface area contributed by atoms with Gasteiger partial charge in [-0.1, -0.05) is 109 Å². The number of aryl methyl sites for hydroxylation is 1. The maximum atomic E-state index is 2.42. The number of hydrogen-bond donors (Lipinski definition) is 0. The van der Waals surface area contributed by atoms with Crippen LogP contribution in [0.15, 0.2) is 146 Å². The lowest BCUT2D eigenvalue weighted by Crippen LogP contribution is -2.10. The van der Waals surface area contributed by atoms with Gasteiger partial charge in [-0.05, 0) is 114 Å². The first-order chi connectivity index (χ1) is 20.7. The Bertz CT molecular complexity index is 2410. The van der Waals surface area contributed by atoms with Crippen molar-refractivity contribution in [2.45, 2.75) is 6.92 Å². The first kappa shape index (κ1) is 23.3. The third-order valence-corrected chi connectivity index (χ3v) is 8.90. The lowest BCUT2D eigenvalue weighted by atomic mass is 9.88. The molecule has 9 aromatic rings. The van der Waals surface area contributed by atoms with Gasteiger partial charge >= 0.3 is 0 Å². The molecule has 0 aliphatic rings. The van der Waals surface area contributed by atoms with Crippen molar-refractivity contribution in [3.8, 4) is 0 Å². The number of nitrogens with zero attached hydrogens (tertiary/aromatic N) is 1. The quantitative estimate of drug-likeness (QED) is 0.161. The molecule has 0 radical (unpaired) electrons. The van der Waals surface area contributed by atoms with E-state index in [0.717, 1.165) is 17.1 Å². The fraction of sp³-hybridized carbons (Fsp3) is 0.0244. The van der Waals surface area contributed by atoms with Crippen LogP contribution in [0.3, 0.4) is 0 Å². The second-order valence-electron chi connectivity index (χ2n) is 11.5. The lowest BCUT2D eigenvalue weighted by Gasteiger charge is -2.27. The van der Waals surface area contributed by atoms with Gasteiger partial charge < -0.3 is 4.90 Å². The van der Waals surface area contributed by atoms with Crippen LogP contribution in [-0.4, -0.2) is 0 Å². The molecule has 0 spiro atoms. The van der Waals surface area contributed by atoms with Crippen molar-refractivity contribution in [3.05, 3.63) is 151 Å². The molecule has 0 heterocycles. The average Bonchev–Trinajstić information content (AvgIpc) is 3.03. The molecule has 1 nitrogen and oxygen atoms in total. The van der Waals surface area contributed by atoms with Gasteiger partial charge in [0.25, 0.3) is 0 Å². The maximum Gasteiger partial charge on any atom is 0.0474 e. The Hall–Kier alpha value is -5.40. The summed E-state index contributed by atoms with van der Waals surface area (Å²) >= 11 is 0. The van der Waals surface area contributed by atoms with Gasteiger partial charge in [-0.25, -0.2) is 0 Å². The van der Waals surface area contributed by atoms with Crippen molar-refractivity contribution in [2.24, 2.45) is 0 Å². The average molecular weight is 534 g/mol. The molecule has 1 heteroatoms. The predicted molar refractivity (Wildman–Crippen MR) is 182 cm³/mol. The van der Waals surface area contributed by atoms with Crippen LogP contribution in [0, 0.1) is 6.92 Å². The van der Waals surface area contributed by atoms with Crippen LogP contribution >= 0.6 is 0 Å². The predicted octanol–water partition coefficient (Wildman–Crippen LogP) is 11.8. The van der Waals surface area contributed by atoms with Crippen molar-refractivity contribution in [3.63, 3.8) is 0 Å². The second kappa shape index (κ2) is 8.80. The fourth-order valence-corrected chi connectivity index (χ4v) is 7.07. The summed E-state index contributed by atoms with van der Waals surface area (Å²) in [7, 11) is 0. The topological polar surface area (TPSA) is 3.24 Å². The third kappa shape index (κ3) is 3.44. The van der Waals surface area contributed by atoms with Gasteiger partial charge in [0, 0.05) is 17.1 Å². The number of hydrogen-bond acceptors (Lipinski definition) is 1. The monoisotopic (exact) mass is 533 g/mol. The largest absolute Gasteiger partial charge is 0.310 e. The molecule has 0 fully saturated rings. The van der Waals surface area contributed by atoms with Crippen molar-refractivity contribution >= 4 is 81.7 Å². The Kier molecular flexibility index (Phi) is 4.88. The summed E-state index contributed by atoms with van der Waals surface area (Å²) < 4.78 is 0. The maximum absolute atomic E-state index is 2.42. The highest BCUT2D eigenvalue weighted by atomic mass is 15.1. The minimum Gasteiger partial charge on any atom is -0.310 e. The van der Waals surface area contributed by atoms with Gasteiger partial charge in [-0.15, -0.1) is 0 Å². The SMILES string of the molecule is Cc1cc2cccc3c4cc(N(c5ccc6ccccc6c5)c5ccc6ccccc6c5)cc5cccc(c(c1)c23)c54. The first-order valence-electron chi connectivity index (χ1n) is 14.6. The number of benzene rings is 9. The fourth-order valence-electron chi connectivity index (χ4n) is 7.07.